The number of hydrogen-bond donors (Lipinski definition) is 2. The number of rotatable bonds is 8. The van der Waals surface area contributed by atoms with Crippen LogP contribution in [0.15, 0.2) is 24.3 Å². The lowest BCUT2D eigenvalue weighted by molar-refractivity contribution is 0.1000. The average molecular weight is 252 g/mol. The number of primary amides is 1. The Labute approximate surface area is 107 Å². The molecule has 1 rings (SSSR count). The number of carbonyl (C=O) groups excluding carboxylic acids is 1. The van der Waals surface area contributed by atoms with Crippen LogP contribution in [0.25, 0.3) is 0 Å². The minimum Gasteiger partial charge on any atom is -0.366 e. The van der Waals surface area contributed by atoms with Crippen LogP contribution in [0.3, 0.4) is 0 Å². The van der Waals surface area contributed by atoms with E-state index < -0.39 is 0 Å². The second kappa shape index (κ2) is 8.14. The zero-order valence-electron chi connectivity index (χ0n) is 10.2. The topological polar surface area (TPSA) is 55.1 Å². The molecule has 0 fully saturated rings. The normalized spacial score (nSPS) is 10.4. The van der Waals surface area contributed by atoms with Gasteiger partial charge in [0.1, 0.15) is 0 Å². The van der Waals surface area contributed by atoms with Crippen molar-refractivity contribution in [2.24, 2.45) is 5.73 Å². The van der Waals surface area contributed by atoms with E-state index in [2.05, 4.69) is 11.6 Å². The third kappa shape index (κ3) is 5.75. The van der Waals surface area contributed by atoms with Crippen LogP contribution in [0.4, 0.5) is 0 Å². The number of amides is 1. The van der Waals surface area contributed by atoms with Gasteiger partial charge in [0.2, 0.25) is 5.91 Å². The van der Waals surface area contributed by atoms with E-state index in [9.17, 15) is 4.79 Å². The molecule has 0 aliphatic carbocycles. The van der Waals surface area contributed by atoms with Crippen LogP contribution in [0.1, 0.15) is 28.8 Å². The predicted molar refractivity (Wildman–Crippen MR) is 74.3 cm³/mol. The van der Waals surface area contributed by atoms with Crippen LogP contribution in [0.2, 0.25) is 0 Å². The van der Waals surface area contributed by atoms with Gasteiger partial charge in [-0.2, -0.15) is 11.8 Å². The van der Waals surface area contributed by atoms with Crippen molar-refractivity contribution in [3.05, 3.63) is 35.4 Å². The molecule has 1 aromatic rings. The molecule has 3 N–H and O–H groups in total. The molecule has 0 saturated carbocycles. The SMILES string of the molecule is CSCCCCNCc1cccc(C(N)=O)c1. The minimum absolute atomic E-state index is 0.369. The predicted octanol–water partition coefficient (Wildman–Crippen LogP) is 2.02. The summed E-state index contributed by atoms with van der Waals surface area (Å²) in [7, 11) is 0. The zero-order chi connectivity index (χ0) is 12.5. The monoisotopic (exact) mass is 252 g/mol. The lowest BCUT2D eigenvalue weighted by Crippen LogP contribution is -2.16. The van der Waals surface area contributed by atoms with Crippen molar-refractivity contribution in [1.29, 1.82) is 0 Å². The first kappa shape index (κ1) is 14.1. The van der Waals surface area contributed by atoms with Crippen LogP contribution in [-0.2, 0) is 6.54 Å². The molecule has 0 unspecified atom stereocenters. The third-order valence-corrected chi connectivity index (χ3v) is 3.19. The van der Waals surface area contributed by atoms with E-state index >= 15 is 0 Å². The summed E-state index contributed by atoms with van der Waals surface area (Å²) in [6.45, 7) is 1.81. The van der Waals surface area contributed by atoms with Crippen molar-refractivity contribution in [2.75, 3.05) is 18.6 Å². The highest BCUT2D eigenvalue weighted by Gasteiger charge is 2.00. The van der Waals surface area contributed by atoms with Crippen molar-refractivity contribution >= 4 is 17.7 Å². The maximum Gasteiger partial charge on any atom is 0.248 e. The Morgan fingerprint density at radius 1 is 1.41 bits per heavy atom. The van der Waals surface area contributed by atoms with Crippen molar-refractivity contribution in [1.82, 2.24) is 5.32 Å². The lowest BCUT2D eigenvalue weighted by atomic mass is 10.1. The Balaban J connectivity index is 2.27. The van der Waals surface area contributed by atoms with E-state index in [4.69, 9.17) is 5.73 Å². The molecule has 0 aliphatic heterocycles. The van der Waals surface area contributed by atoms with E-state index in [-0.39, 0.29) is 5.91 Å². The molecule has 0 spiro atoms. The first-order chi connectivity index (χ1) is 8.24. The van der Waals surface area contributed by atoms with Gasteiger partial charge in [-0.25, -0.2) is 0 Å². The molecule has 3 nitrogen and oxygen atoms in total. The largest absolute Gasteiger partial charge is 0.366 e. The van der Waals surface area contributed by atoms with Gasteiger partial charge in [0.25, 0.3) is 0 Å². The molecule has 0 aliphatic rings. The van der Waals surface area contributed by atoms with Crippen molar-refractivity contribution in [2.45, 2.75) is 19.4 Å². The fourth-order valence-corrected chi connectivity index (χ4v) is 2.06. The second-order valence-electron chi connectivity index (χ2n) is 3.94. The molecular weight excluding hydrogens is 232 g/mol. The van der Waals surface area contributed by atoms with Gasteiger partial charge in [-0.05, 0) is 49.1 Å². The molecule has 0 aromatic heterocycles. The van der Waals surface area contributed by atoms with Gasteiger partial charge in [0, 0.05) is 12.1 Å². The summed E-state index contributed by atoms with van der Waals surface area (Å²) in [4.78, 5) is 11.0. The Bertz CT molecular complexity index is 355. The number of nitrogens with two attached hydrogens (primary N) is 1. The van der Waals surface area contributed by atoms with Crippen molar-refractivity contribution < 1.29 is 4.79 Å². The first-order valence-electron chi connectivity index (χ1n) is 5.82. The van der Waals surface area contributed by atoms with Crippen LogP contribution in [-0.4, -0.2) is 24.5 Å². The van der Waals surface area contributed by atoms with Gasteiger partial charge in [-0.1, -0.05) is 12.1 Å². The Morgan fingerprint density at radius 3 is 2.94 bits per heavy atom. The van der Waals surface area contributed by atoms with E-state index in [1.165, 1.54) is 18.6 Å². The number of hydrogen-bond acceptors (Lipinski definition) is 3. The molecule has 1 aromatic carbocycles. The number of unbranched alkanes of at least 4 members (excludes halogenated alkanes) is 1. The first-order valence-corrected chi connectivity index (χ1v) is 7.22. The van der Waals surface area contributed by atoms with Gasteiger partial charge < -0.3 is 11.1 Å². The third-order valence-electron chi connectivity index (χ3n) is 2.49. The summed E-state index contributed by atoms with van der Waals surface area (Å²) < 4.78 is 0. The molecule has 0 radical (unpaired) electrons. The lowest BCUT2D eigenvalue weighted by Gasteiger charge is -2.05. The highest BCUT2D eigenvalue weighted by molar-refractivity contribution is 7.98. The standard InChI is InChI=1S/C13H20N2OS/c1-17-8-3-2-7-15-10-11-5-4-6-12(9-11)13(14)16/h4-6,9,15H,2-3,7-8,10H2,1H3,(H2,14,16). The molecule has 0 heterocycles. The molecule has 94 valence electrons. The Morgan fingerprint density at radius 2 is 2.24 bits per heavy atom. The van der Waals surface area contributed by atoms with Crippen LogP contribution in [0.5, 0.6) is 0 Å². The molecule has 0 atom stereocenters. The summed E-state index contributed by atoms with van der Waals surface area (Å²) in [6.07, 6.45) is 4.56. The minimum atomic E-state index is -0.369. The van der Waals surface area contributed by atoms with Gasteiger partial charge in [0.15, 0.2) is 0 Å². The van der Waals surface area contributed by atoms with Gasteiger partial charge >= 0.3 is 0 Å². The van der Waals surface area contributed by atoms with Crippen molar-refractivity contribution in [3.8, 4) is 0 Å². The summed E-state index contributed by atoms with van der Waals surface area (Å²) >= 11 is 1.88. The number of benzene rings is 1. The summed E-state index contributed by atoms with van der Waals surface area (Å²) in [5, 5.41) is 3.37. The van der Waals surface area contributed by atoms with Crippen LogP contribution in [0, 0.1) is 0 Å². The Kier molecular flexibility index (Phi) is 6.74. The van der Waals surface area contributed by atoms with E-state index in [1.807, 2.05) is 30.0 Å². The average Bonchev–Trinajstić information content (AvgIpc) is 2.34. The van der Waals surface area contributed by atoms with Crippen molar-refractivity contribution in [3.63, 3.8) is 0 Å². The van der Waals surface area contributed by atoms with E-state index in [0.29, 0.717) is 5.56 Å². The summed E-state index contributed by atoms with van der Waals surface area (Å²) in [5.41, 5.74) is 6.91. The smallest absolute Gasteiger partial charge is 0.248 e. The molecule has 4 heteroatoms. The van der Waals surface area contributed by atoms with Gasteiger partial charge in [-0.15, -0.1) is 0 Å². The second-order valence-corrected chi connectivity index (χ2v) is 4.93. The van der Waals surface area contributed by atoms with Crippen LogP contribution < -0.4 is 11.1 Å². The number of thioether (sulfide) groups is 1. The van der Waals surface area contributed by atoms with E-state index in [1.54, 1.807) is 6.07 Å². The zero-order valence-corrected chi connectivity index (χ0v) is 11.1. The fourth-order valence-electron chi connectivity index (χ4n) is 1.56. The van der Waals surface area contributed by atoms with Crippen LogP contribution >= 0.6 is 11.8 Å². The maximum absolute atomic E-state index is 11.0. The number of carbonyl (C=O) groups is 1. The molecular formula is C13H20N2OS. The number of nitrogens with one attached hydrogen (secondary N) is 1. The molecule has 17 heavy (non-hydrogen) atoms. The summed E-state index contributed by atoms with van der Waals surface area (Å²) in [6, 6.07) is 7.45. The fraction of sp³-hybridized carbons (Fsp3) is 0.462. The maximum atomic E-state index is 11.0. The molecule has 0 saturated heterocycles. The Hall–Kier alpha value is -1.00. The highest BCUT2D eigenvalue weighted by atomic mass is 32.2. The molecule has 1 amide bonds. The summed E-state index contributed by atoms with van der Waals surface area (Å²) in [5.74, 6) is 0.852. The molecule has 0 bridgehead atoms. The van der Waals surface area contributed by atoms with E-state index in [0.717, 1.165) is 18.7 Å². The van der Waals surface area contributed by atoms with Gasteiger partial charge in [-0.3, -0.25) is 4.79 Å². The highest BCUT2D eigenvalue weighted by Crippen LogP contribution is 2.04. The quantitative estimate of drug-likeness (QED) is 0.696. The van der Waals surface area contributed by atoms with Gasteiger partial charge in [0.05, 0.1) is 0 Å².